The molecule has 1 fully saturated rings. The van der Waals surface area contributed by atoms with Crippen molar-refractivity contribution >= 4 is 0 Å². The lowest BCUT2D eigenvalue weighted by Gasteiger charge is -2.22. The Bertz CT molecular complexity index is 367. The fourth-order valence-corrected chi connectivity index (χ4v) is 2.51. The van der Waals surface area contributed by atoms with Crippen LogP contribution in [0.5, 0.6) is 0 Å². The molecule has 0 radical (unpaired) electrons. The van der Waals surface area contributed by atoms with Crippen LogP contribution in [0.4, 0.5) is 0 Å². The van der Waals surface area contributed by atoms with E-state index in [-0.39, 0.29) is 0 Å². The van der Waals surface area contributed by atoms with Crippen molar-refractivity contribution in [2.45, 2.75) is 58.0 Å². The highest BCUT2D eigenvalue weighted by Crippen LogP contribution is 2.28. The highest BCUT2D eigenvalue weighted by atomic mass is 15.2. The third kappa shape index (κ3) is 4.32. The Hall–Kier alpha value is -0.860. The molecule has 1 saturated carbocycles. The molecule has 1 aliphatic rings. The zero-order chi connectivity index (χ0) is 13.7. The topological polar surface area (TPSA) is 29.3 Å². The van der Waals surface area contributed by atoms with E-state index in [0.29, 0.717) is 5.92 Å². The van der Waals surface area contributed by atoms with Crippen molar-refractivity contribution in [1.29, 1.82) is 0 Å². The molecule has 0 heterocycles. The van der Waals surface area contributed by atoms with Crippen LogP contribution in [0.15, 0.2) is 24.3 Å². The number of hydrogen-bond acceptors (Lipinski definition) is 2. The third-order valence-corrected chi connectivity index (χ3v) is 4.15. The number of nitrogens with two attached hydrogens (primary N) is 1. The minimum atomic E-state index is 0.466. The highest BCUT2D eigenvalue weighted by Gasteiger charge is 2.28. The summed E-state index contributed by atoms with van der Waals surface area (Å²) in [6.45, 7) is 7.55. The SMILES string of the molecule is CCCCN(Cc1ccc(C(C)CN)cc1)C1CC1. The van der Waals surface area contributed by atoms with Crippen LogP contribution in [0.25, 0.3) is 0 Å². The van der Waals surface area contributed by atoms with Gasteiger partial charge in [-0.2, -0.15) is 0 Å². The summed E-state index contributed by atoms with van der Waals surface area (Å²) in [5.41, 5.74) is 8.52. The molecule has 106 valence electrons. The van der Waals surface area contributed by atoms with Gasteiger partial charge in [0.2, 0.25) is 0 Å². The molecule has 0 saturated heterocycles. The number of hydrogen-bond donors (Lipinski definition) is 1. The average Bonchev–Trinajstić information content (AvgIpc) is 3.28. The Labute approximate surface area is 118 Å². The lowest BCUT2D eigenvalue weighted by atomic mass is 10.00. The van der Waals surface area contributed by atoms with Crippen LogP contribution >= 0.6 is 0 Å². The van der Waals surface area contributed by atoms with E-state index in [9.17, 15) is 0 Å². The maximum Gasteiger partial charge on any atom is 0.0236 e. The van der Waals surface area contributed by atoms with Crippen molar-refractivity contribution in [3.05, 3.63) is 35.4 Å². The predicted molar refractivity (Wildman–Crippen MR) is 82.3 cm³/mol. The monoisotopic (exact) mass is 260 g/mol. The van der Waals surface area contributed by atoms with Crippen LogP contribution in [-0.4, -0.2) is 24.0 Å². The van der Waals surface area contributed by atoms with Gasteiger partial charge in [-0.1, -0.05) is 44.5 Å². The molecular weight excluding hydrogens is 232 g/mol. The van der Waals surface area contributed by atoms with Gasteiger partial charge in [-0.05, 0) is 49.4 Å². The molecule has 0 spiro atoms. The van der Waals surface area contributed by atoms with E-state index in [4.69, 9.17) is 5.73 Å². The van der Waals surface area contributed by atoms with Gasteiger partial charge in [-0.15, -0.1) is 0 Å². The van der Waals surface area contributed by atoms with Crippen LogP contribution in [0, 0.1) is 0 Å². The molecule has 2 nitrogen and oxygen atoms in total. The van der Waals surface area contributed by atoms with Crippen molar-refractivity contribution in [3.8, 4) is 0 Å². The molecule has 1 unspecified atom stereocenters. The Kier molecular flexibility index (Phi) is 5.41. The van der Waals surface area contributed by atoms with Gasteiger partial charge in [-0.3, -0.25) is 4.90 Å². The van der Waals surface area contributed by atoms with Crippen LogP contribution < -0.4 is 5.73 Å². The van der Waals surface area contributed by atoms with Crippen LogP contribution in [0.2, 0.25) is 0 Å². The van der Waals surface area contributed by atoms with Crippen LogP contribution in [0.1, 0.15) is 56.6 Å². The number of rotatable bonds is 8. The summed E-state index contributed by atoms with van der Waals surface area (Å²) >= 11 is 0. The second kappa shape index (κ2) is 7.06. The number of benzene rings is 1. The summed E-state index contributed by atoms with van der Waals surface area (Å²) in [6.07, 6.45) is 5.40. The van der Waals surface area contributed by atoms with Gasteiger partial charge in [0, 0.05) is 12.6 Å². The molecule has 2 heteroatoms. The first-order valence-electron chi connectivity index (χ1n) is 7.77. The summed E-state index contributed by atoms with van der Waals surface area (Å²) in [5, 5.41) is 0. The quantitative estimate of drug-likeness (QED) is 0.775. The largest absolute Gasteiger partial charge is 0.330 e. The molecule has 1 atom stereocenters. The second-order valence-electron chi connectivity index (χ2n) is 5.93. The van der Waals surface area contributed by atoms with Gasteiger partial charge in [0.1, 0.15) is 0 Å². The van der Waals surface area contributed by atoms with Crippen molar-refractivity contribution in [2.24, 2.45) is 5.73 Å². The van der Waals surface area contributed by atoms with E-state index in [1.807, 2.05) is 0 Å². The summed E-state index contributed by atoms with van der Waals surface area (Å²) in [6, 6.07) is 9.91. The summed E-state index contributed by atoms with van der Waals surface area (Å²) in [5.74, 6) is 0.466. The summed E-state index contributed by atoms with van der Waals surface area (Å²) in [7, 11) is 0. The molecular formula is C17H28N2. The minimum absolute atomic E-state index is 0.466. The number of unbranched alkanes of at least 4 members (excludes halogenated alkanes) is 1. The average molecular weight is 260 g/mol. The third-order valence-electron chi connectivity index (χ3n) is 4.15. The first-order chi connectivity index (χ1) is 9.24. The molecule has 2 N–H and O–H groups in total. The molecule has 0 aromatic heterocycles. The Morgan fingerprint density at radius 2 is 1.95 bits per heavy atom. The van der Waals surface area contributed by atoms with E-state index in [1.54, 1.807) is 0 Å². The molecule has 0 aliphatic heterocycles. The predicted octanol–water partition coefficient (Wildman–Crippen LogP) is 3.51. The molecule has 1 aromatic rings. The fraction of sp³-hybridized carbons (Fsp3) is 0.647. The normalized spacial score (nSPS) is 16.8. The van der Waals surface area contributed by atoms with Gasteiger partial charge in [-0.25, -0.2) is 0 Å². The van der Waals surface area contributed by atoms with E-state index in [2.05, 4.69) is 43.0 Å². The van der Waals surface area contributed by atoms with Gasteiger partial charge in [0.05, 0.1) is 0 Å². The first-order valence-corrected chi connectivity index (χ1v) is 7.77. The smallest absolute Gasteiger partial charge is 0.0236 e. The maximum atomic E-state index is 5.72. The van der Waals surface area contributed by atoms with Gasteiger partial charge in [0.15, 0.2) is 0 Å². The van der Waals surface area contributed by atoms with Gasteiger partial charge in [0.25, 0.3) is 0 Å². The van der Waals surface area contributed by atoms with Crippen molar-refractivity contribution in [3.63, 3.8) is 0 Å². The van der Waals surface area contributed by atoms with Crippen LogP contribution in [-0.2, 0) is 6.54 Å². The van der Waals surface area contributed by atoms with Crippen molar-refractivity contribution in [1.82, 2.24) is 4.90 Å². The van der Waals surface area contributed by atoms with Gasteiger partial charge < -0.3 is 5.73 Å². The van der Waals surface area contributed by atoms with Crippen molar-refractivity contribution in [2.75, 3.05) is 13.1 Å². The first kappa shape index (κ1) is 14.5. The minimum Gasteiger partial charge on any atom is -0.330 e. The lowest BCUT2D eigenvalue weighted by Crippen LogP contribution is -2.26. The molecule has 1 aromatic carbocycles. The zero-order valence-electron chi connectivity index (χ0n) is 12.4. The Balaban J connectivity index is 1.93. The molecule has 2 rings (SSSR count). The fourth-order valence-electron chi connectivity index (χ4n) is 2.51. The standard InChI is InChI=1S/C17H28N2/c1-3-4-11-19(17-9-10-17)13-15-5-7-16(8-6-15)14(2)12-18/h5-8,14,17H,3-4,9-13,18H2,1-2H3. The van der Waals surface area contributed by atoms with E-state index >= 15 is 0 Å². The van der Waals surface area contributed by atoms with E-state index < -0.39 is 0 Å². The summed E-state index contributed by atoms with van der Waals surface area (Å²) in [4.78, 5) is 2.66. The maximum absolute atomic E-state index is 5.72. The molecule has 1 aliphatic carbocycles. The molecule has 0 amide bonds. The zero-order valence-corrected chi connectivity index (χ0v) is 12.4. The number of nitrogens with zero attached hydrogens (tertiary/aromatic N) is 1. The van der Waals surface area contributed by atoms with E-state index in [0.717, 1.165) is 19.1 Å². The lowest BCUT2D eigenvalue weighted by molar-refractivity contribution is 0.250. The van der Waals surface area contributed by atoms with Crippen molar-refractivity contribution < 1.29 is 0 Å². The molecule has 0 bridgehead atoms. The Morgan fingerprint density at radius 3 is 2.47 bits per heavy atom. The van der Waals surface area contributed by atoms with Gasteiger partial charge >= 0.3 is 0 Å². The highest BCUT2D eigenvalue weighted by molar-refractivity contribution is 5.25. The van der Waals surface area contributed by atoms with E-state index in [1.165, 1.54) is 43.4 Å². The Morgan fingerprint density at radius 1 is 1.26 bits per heavy atom. The van der Waals surface area contributed by atoms with Crippen LogP contribution in [0.3, 0.4) is 0 Å². The second-order valence-corrected chi connectivity index (χ2v) is 5.93. The summed E-state index contributed by atoms with van der Waals surface area (Å²) < 4.78 is 0. The molecule has 19 heavy (non-hydrogen) atoms.